The maximum atomic E-state index is 12.9. The molecule has 8 nitrogen and oxygen atoms in total. The third-order valence-corrected chi connectivity index (χ3v) is 5.12. The molecule has 1 aliphatic rings. The predicted molar refractivity (Wildman–Crippen MR) is 114 cm³/mol. The molecule has 2 amide bonds. The Morgan fingerprint density at radius 2 is 1.87 bits per heavy atom. The van der Waals surface area contributed by atoms with Crippen LogP contribution in [0, 0.1) is 6.92 Å². The molecule has 3 heterocycles. The van der Waals surface area contributed by atoms with E-state index in [1.54, 1.807) is 11.1 Å². The Morgan fingerprint density at radius 1 is 1.10 bits per heavy atom. The number of carbonyl (C=O) groups is 2. The molecule has 0 bridgehead atoms. The van der Waals surface area contributed by atoms with Crippen LogP contribution in [0.15, 0.2) is 61.1 Å². The van der Waals surface area contributed by atoms with E-state index in [2.05, 4.69) is 20.3 Å². The van der Waals surface area contributed by atoms with Gasteiger partial charge in [-0.2, -0.15) is 0 Å². The minimum Gasteiger partial charge on any atom is -0.365 e. The molecule has 4 rings (SSSR count). The van der Waals surface area contributed by atoms with Crippen molar-refractivity contribution in [1.29, 1.82) is 0 Å². The van der Waals surface area contributed by atoms with Gasteiger partial charge in [0.15, 0.2) is 11.9 Å². The van der Waals surface area contributed by atoms with Gasteiger partial charge in [-0.05, 0) is 18.6 Å². The molecule has 1 aromatic carbocycles. The number of benzene rings is 1. The van der Waals surface area contributed by atoms with Gasteiger partial charge in [-0.25, -0.2) is 9.97 Å². The van der Waals surface area contributed by atoms with E-state index in [1.807, 2.05) is 49.4 Å². The second kappa shape index (κ2) is 9.44. The lowest BCUT2D eigenvalue weighted by Crippen LogP contribution is -2.51. The largest absolute Gasteiger partial charge is 0.365 e. The average Bonchev–Trinajstić information content (AvgIpc) is 2.83. The number of carbonyl (C=O) groups excluding carboxylic acids is 2. The van der Waals surface area contributed by atoms with Crippen LogP contribution in [0.4, 0.5) is 0 Å². The van der Waals surface area contributed by atoms with Gasteiger partial charge in [0.1, 0.15) is 0 Å². The van der Waals surface area contributed by atoms with E-state index in [0.29, 0.717) is 24.5 Å². The minimum atomic E-state index is -0.730. The van der Waals surface area contributed by atoms with Crippen LogP contribution < -0.4 is 5.32 Å². The van der Waals surface area contributed by atoms with E-state index in [1.165, 1.54) is 12.4 Å². The molecular weight excluding hydrogens is 394 g/mol. The summed E-state index contributed by atoms with van der Waals surface area (Å²) in [4.78, 5) is 40.0. The molecule has 1 fully saturated rings. The van der Waals surface area contributed by atoms with Crippen LogP contribution in [-0.2, 0) is 16.1 Å². The molecule has 0 aliphatic carbocycles. The van der Waals surface area contributed by atoms with Crippen LogP contribution in [0.1, 0.15) is 21.6 Å². The van der Waals surface area contributed by atoms with Crippen LogP contribution in [0.3, 0.4) is 0 Å². The van der Waals surface area contributed by atoms with E-state index in [9.17, 15) is 9.59 Å². The number of ether oxygens (including phenoxy) is 1. The Balaban J connectivity index is 1.37. The molecule has 1 unspecified atom stereocenters. The summed E-state index contributed by atoms with van der Waals surface area (Å²) in [5.41, 5.74) is 3.07. The van der Waals surface area contributed by atoms with Gasteiger partial charge < -0.3 is 15.0 Å². The van der Waals surface area contributed by atoms with Gasteiger partial charge >= 0.3 is 0 Å². The monoisotopic (exact) mass is 417 g/mol. The van der Waals surface area contributed by atoms with E-state index in [4.69, 9.17) is 4.74 Å². The van der Waals surface area contributed by atoms with E-state index in [-0.39, 0.29) is 25.0 Å². The molecule has 0 radical (unpaired) electrons. The van der Waals surface area contributed by atoms with E-state index in [0.717, 1.165) is 16.8 Å². The van der Waals surface area contributed by atoms with Crippen LogP contribution in [0.2, 0.25) is 0 Å². The topological polar surface area (TPSA) is 97.3 Å². The van der Waals surface area contributed by atoms with Crippen molar-refractivity contribution in [2.24, 2.45) is 0 Å². The summed E-state index contributed by atoms with van der Waals surface area (Å²) in [5, 5.41) is 2.85. The Bertz CT molecular complexity index is 1060. The summed E-state index contributed by atoms with van der Waals surface area (Å²) in [5.74, 6) is 0.0701. The first kappa shape index (κ1) is 20.6. The second-order valence-corrected chi connectivity index (χ2v) is 7.26. The predicted octanol–water partition coefficient (Wildman–Crippen LogP) is 2.00. The Kier molecular flexibility index (Phi) is 6.28. The number of nitrogens with zero attached hydrogens (tertiary/aromatic N) is 4. The fraction of sp³-hybridized carbons (Fsp3) is 0.261. The summed E-state index contributed by atoms with van der Waals surface area (Å²) in [7, 11) is 0. The van der Waals surface area contributed by atoms with Gasteiger partial charge in [-0.3, -0.25) is 14.6 Å². The van der Waals surface area contributed by atoms with Crippen LogP contribution in [0.5, 0.6) is 0 Å². The van der Waals surface area contributed by atoms with E-state index < -0.39 is 6.10 Å². The lowest BCUT2D eigenvalue weighted by molar-refractivity contribution is -0.137. The molecule has 0 spiro atoms. The molecule has 31 heavy (non-hydrogen) atoms. The van der Waals surface area contributed by atoms with Gasteiger partial charge in [0, 0.05) is 30.7 Å². The zero-order chi connectivity index (χ0) is 21.6. The van der Waals surface area contributed by atoms with Crippen LogP contribution in [-0.4, -0.2) is 57.5 Å². The summed E-state index contributed by atoms with van der Waals surface area (Å²) >= 11 is 0. The van der Waals surface area contributed by atoms with Gasteiger partial charge in [-0.15, -0.1) is 0 Å². The highest BCUT2D eigenvalue weighted by molar-refractivity contribution is 5.94. The number of pyridine rings is 1. The molecule has 2 aromatic heterocycles. The average molecular weight is 417 g/mol. The molecule has 3 aromatic rings. The van der Waals surface area contributed by atoms with Crippen molar-refractivity contribution in [3.63, 3.8) is 0 Å². The summed E-state index contributed by atoms with van der Waals surface area (Å²) < 4.78 is 5.59. The maximum Gasteiger partial charge on any atom is 0.257 e. The fourth-order valence-corrected chi connectivity index (χ4v) is 3.34. The van der Waals surface area contributed by atoms with Gasteiger partial charge in [0.05, 0.1) is 31.0 Å². The zero-order valence-corrected chi connectivity index (χ0v) is 17.2. The molecule has 1 atom stereocenters. The Hall–Kier alpha value is -3.65. The van der Waals surface area contributed by atoms with Crippen molar-refractivity contribution in [1.82, 2.24) is 25.2 Å². The normalized spacial score (nSPS) is 16.0. The number of morpholine rings is 1. The maximum absolute atomic E-state index is 12.9. The first-order valence-electron chi connectivity index (χ1n) is 10.1. The highest BCUT2D eigenvalue weighted by Gasteiger charge is 2.30. The minimum absolute atomic E-state index is 0.173. The third kappa shape index (κ3) is 4.92. The third-order valence-electron chi connectivity index (χ3n) is 5.12. The first-order valence-corrected chi connectivity index (χ1v) is 10.1. The number of aryl methyl sites for hydroxylation is 1. The highest BCUT2D eigenvalue weighted by Crippen LogP contribution is 2.15. The zero-order valence-electron chi connectivity index (χ0n) is 17.2. The van der Waals surface area contributed by atoms with Crippen molar-refractivity contribution in [3.8, 4) is 11.4 Å². The summed E-state index contributed by atoms with van der Waals surface area (Å²) in [6.45, 7) is 3.12. The molecule has 1 aliphatic heterocycles. The lowest BCUT2D eigenvalue weighted by atomic mass is 10.2. The van der Waals surface area contributed by atoms with Crippen molar-refractivity contribution in [2.75, 3.05) is 19.7 Å². The van der Waals surface area contributed by atoms with E-state index >= 15 is 0 Å². The quantitative estimate of drug-likeness (QED) is 0.682. The number of hydrogen-bond acceptors (Lipinski definition) is 6. The van der Waals surface area contributed by atoms with Gasteiger partial charge in [0.2, 0.25) is 0 Å². The van der Waals surface area contributed by atoms with Crippen molar-refractivity contribution >= 4 is 11.8 Å². The number of nitrogens with one attached hydrogen (secondary N) is 1. The number of amides is 2. The molecule has 0 saturated carbocycles. The SMILES string of the molecule is Cc1cccnc1CNC(=O)C1CN(C(=O)c2cnc(-c3ccccc3)nc2)CCO1. The van der Waals surface area contributed by atoms with Crippen molar-refractivity contribution in [2.45, 2.75) is 19.6 Å². The molecule has 1 N–H and O–H groups in total. The van der Waals surface area contributed by atoms with Crippen molar-refractivity contribution < 1.29 is 14.3 Å². The van der Waals surface area contributed by atoms with Crippen LogP contribution in [0.25, 0.3) is 11.4 Å². The first-order chi connectivity index (χ1) is 15.1. The molecular formula is C23H23N5O3. The lowest BCUT2D eigenvalue weighted by Gasteiger charge is -2.32. The van der Waals surface area contributed by atoms with Gasteiger partial charge in [-0.1, -0.05) is 36.4 Å². The Morgan fingerprint density at radius 3 is 2.61 bits per heavy atom. The number of rotatable bonds is 5. The second-order valence-electron chi connectivity index (χ2n) is 7.26. The number of hydrogen-bond donors (Lipinski definition) is 1. The highest BCUT2D eigenvalue weighted by atomic mass is 16.5. The van der Waals surface area contributed by atoms with Crippen molar-refractivity contribution in [3.05, 3.63) is 77.9 Å². The smallest absolute Gasteiger partial charge is 0.257 e. The fourth-order valence-electron chi connectivity index (χ4n) is 3.34. The van der Waals surface area contributed by atoms with Crippen LogP contribution >= 0.6 is 0 Å². The Labute approximate surface area is 180 Å². The molecule has 158 valence electrons. The molecule has 1 saturated heterocycles. The standard InChI is InChI=1S/C23H23N5O3/c1-16-6-5-9-24-19(16)14-27-22(29)20-15-28(10-11-31-20)23(30)18-12-25-21(26-13-18)17-7-3-2-4-8-17/h2-9,12-13,20H,10-11,14-15H2,1H3,(H,27,29). The van der Waals surface area contributed by atoms with Gasteiger partial charge in [0.25, 0.3) is 11.8 Å². The summed E-state index contributed by atoms with van der Waals surface area (Å²) in [6, 6.07) is 13.4. The number of aromatic nitrogens is 3. The summed E-state index contributed by atoms with van der Waals surface area (Å²) in [6.07, 6.45) is 4.00. The molecule has 8 heteroatoms.